The molecule has 1 saturated heterocycles. The Labute approximate surface area is 192 Å². The Morgan fingerprint density at radius 2 is 1.81 bits per heavy atom. The molecule has 2 aromatic carbocycles. The second kappa shape index (κ2) is 10.1. The fourth-order valence-electron chi connectivity index (χ4n) is 3.67. The Hall–Kier alpha value is -3.00. The summed E-state index contributed by atoms with van der Waals surface area (Å²) in [7, 11) is 0. The average molecular weight is 451 g/mol. The minimum Gasteiger partial charge on any atom is -0.462 e. The third kappa shape index (κ3) is 4.75. The molecule has 32 heavy (non-hydrogen) atoms. The summed E-state index contributed by atoms with van der Waals surface area (Å²) in [5.41, 5.74) is 3.39. The molecule has 6 nitrogen and oxygen atoms in total. The Kier molecular flexibility index (Phi) is 6.99. The summed E-state index contributed by atoms with van der Waals surface area (Å²) in [6, 6.07) is 19.1. The van der Waals surface area contributed by atoms with Crippen molar-refractivity contribution in [2.24, 2.45) is 0 Å². The van der Waals surface area contributed by atoms with Gasteiger partial charge in [-0.15, -0.1) is 11.3 Å². The molecule has 0 bridgehead atoms. The number of carbonyl (C=O) groups is 2. The lowest BCUT2D eigenvalue weighted by Gasteiger charge is -2.37. The highest BCUT2D eigenvalue weighted by molar-refractivity contribution is 7.17. The maximum atomic E-state index is 13.7. The number of aryl methyl sites for hydroxylation is 1. The molecular formula is C25H26N2O4S. The van der Waals surface area contributed by atoms with E-state index in [9.17, 15) is 9.59 Å². The van der Waals surface area contributed by atoms with Crippen LogP contribution in [0.4, 0.5) is 5.69 Å². The molecule has 0 spiro atoms. The zero-order valence-electron chi connectivity index (χ0n) is 18.2. The molecule has 4 rings (SSSR count). The Morgan fingerprint density at radius 1 is 1.06 bits per heavy atom. The van der Waals surface area contributed by atoms with Crippen molar-refractivity contribution >= 4 is 28.9 Å². The quantitative estimate of drug-likeness (QED) is 0.505. The van der Waals surface area contributed by atoms with Gasteiger partial charge in [0.15, 0.2) is 0 Å². The van der Waals surface area contributed by atoms with Crippen LogP contribution in [-0.4, -0.2) is 49.8 Å². The van der Waals surface area contributed by atoms with Crippen LogP contribution in [0.3, 0.4) is 0 Å². The first-order chi connectivity index (χ1) is 15.6. The Bertz CT molecular complexity index is 1090. The van der Waals surface area contributed by atoms with Gasteiger partial charge >= 0.3 is 5.97 Å². The van der Waals surface area contributed by atoms with Crippen LogP contribution < -0.4 is 5.01 Å². The molecule has 0 unspecified atom stereocenters. The first-order valence-corrected chi connectivity index (χ1v) is 11.5. The van der Waals surface area contributed by atoms with E-state index in [-0.39, 0.29) is 11.9 Å². The lowest BCUT2D eigenvalue weighted by Crippen LogP contribution is -2.52. The standard InChI is InChI=1S/C25H26N2O4S/c1-3-31-25(29)23-12-11-22(32-23)21-17-19(10-9-18(21)2)24(28)27(20-7-5-4-6-8-20)26-13-15-30-16-14-26/h4-12,17H,3,13-16H2,1-2H3. The van der Waals surface area contributed by atoms with Gasteiger partial charge in [0.1, 0.15) is 4.88 Å². The number of morpholine rings is 1. The Balaban J connectivity index is 1.68. The van der Waals surface area contributed by atoms with Crippen LogP contribution in [0.15, 0.2) is 60.7 Å². The number of ether oxygens (including phenoxy) is 2. The van der Waals surface area contributed by atoms with Crippen molar-refractivity contribution in [2.45, 2.75) is 13.8 Å². The van der Waals surface area contributed by atoms with Gasteiger partial charge in [-0.1, -0.05) is 24.3 Å². The van der Waals surface area contributed by atoms with Crippen molar-refractivity contribution in [1.82, 2.24) is 5.01 Å². The van der Waals surface area contributed by atoms with Gasteiger partial charge in [0.05, 0.1) is 25.5 Å². The second-order valence-corrected chi connectivity index (χ2v) is 8.52. The summed E-state index contributed by atoms with van der Waals surface area (Å²) in [5, 5.41) is 3.78. The minimum atomic E-state index is -0.323. The Morgan fingerprint density at radius 3 is 2.53 bits per heavy atom. The number of nitrogens with zero attached hydrogens (tertiary/aromatic N) is 2. The van der Waals surface area contributed by atoms with Crippen molar-refractivity contribution in [1.29, 1.82) is 0 Å². The molecule has 1 amide bonds. The zero-order valence-corrected chi connectivity index (χ0v) is 19.1. The molecule has 0 aliphatic carbocycles. The number of rotatable bonds is 6. The van der Waals surface area contributed by atoms with Crippen molar-refractivity contribution < 1.29 is 19.1 Å². The highest BCUT2D eigenvalue weighted by Gasteiger charge is 2.27. The van der Waals surface area contributed by atoms with Crippen LogP contribution in [0.2, 0.25) is 0 Å². The van der Waals surface area contributed by atoms with Gasteiger partial charge in [-0.25, -0.2) is 14.8 Å². The molecule has 1 aliphatic rings. The normalized spacial score (nSPS) is 14.2. The smallest absolute Gasteiger partial charge is 0.348 e. The fraction of sp³-hybridized carbons (Fsp3) is 0.280. The average Bonchev–Trinajstić information content (AvgIpc) is 3.31. The topological polar surface area (TPSA) is 59.1 Å². The molecule has 0 radical (unpaired) electrons. The van der Waals surface area contributed by atoms with Gasteiger partial charge in [-0.05, 0) is 61.4 Å². The van der Waals surface area contributed by atoms with Crippen molar-refractivity contribution in [2.75, 3.05) is 37.9 Å². The minimum absolute atomic E-state index is 0.0958. The predicted octanol–water partition coefficient (Wildman–Crippen LogP) is 4.79. The third-order valence-corrected chi connectivity index (χ3v) is 6.39. The van der Waals surface area contributed by atoms with Crippen molar-refractivity contribution in [3.63, 3.8) is 0 Å². The van der Waals surface area contributed by atoms with E-state index in [4.69, 9.17) is 9.47 Å². The number of anilines is 1. The highest BCUT2D eigenvalue weighted by atomic mass is 32.1. The number of amides is 1. The highest BCUT2D eigenvalue weighted by Crippen LogP contribution is 2.32. The summed E-state index contributed by atoms with van der Waals surface area (Å²) < 4.78 is 10.6. The lowest BCUT2D eigenvalue weighted by atomic mass is 10.0. The second-order valence-electron chi connectivity index (χ2n) is 7.43. The van der Waals surface area contributed by atoms with Crippen molar-refractivity contribution in [3.05, 3.63) is 76.7 Å². The first kappa shape index (κ1) is 22.2. The van der Waals surface area contributed by atoms with Gasteiger partial charge < -0.3 is 9.47 Å². The van der Waals surface area contributed by atoms with E-state index in [2.05, 4.69) is 0 Å². The summed E-state index contributed by atoms with van der Waals surface area (Å²) in [6.07, 6.45) is 0. The van der Waals surface area contributed by atoms with E-state index < -0.39 is 0 Å². The van der Waals surface area contributed by atoms with E-state index in [0.29, 0.717) is 43.4 Å². The molecule has 0 N–H and O–H groups in total. The van der Waals surface area contributed by atoms with Crippen LogP contribution in [-0.2, 0) is 9.47 Å². The largest absolute Gasteiger partial charge is 0.462 e. The molecule has 3 aromatic rings. The SMILES string of the molecule is CCOC(=O)c1ccc(-c2cc(C(=O)N(c3ccccc3)N3CCOCC3)ccc2C)s1. The zero-order chi connectivity index (χ0) is 22.5. The number of hydrogen-bond acceptors (Lipinski definition) is 6. The van der Waals surface area contributed by atoms with E-state index in [1.165, 1.54) is 11.3 Å². The van der Waals surface area contributed by atoms with Crippen LogP contribution in [0, 0.1) is 6.92 Å². The van der Waals surface area contributed by atoms with E-state index in [1.807, 2.05) is 66.5 Å². The maximum absolute atomic E-state index is 13.7. The molecule has 1 aliphatic heterocycles. The van der Waals surface area contributed by atoms with E-state index in [1.54, 1.807) is 18.0 Å². The predicted molar refractivity (Wildman–Crippen MR) is 126 cm³/mol. The van der Waals surface area contributed by atoms with Crippen LogP contribution in [0.1, 0.15) is 32.5 Å². The number of carbonyl (C=O) groups excluding carboxylic acids is 2. The van der Waals surface area contributed by atoms with Gasteiger partial charge in [0.2, 0.25) is 0 Å². The number of benzene rings is 2. The molecule has 1 fully saturated rings. The number of esters is 1. The number of thiophene rings is 1. The fourth-order valence-corrected chi connectivity index (χ4v) is 4.65. The summed E-state index contributed by atoms with van der Waals surface area (Å²) in [4.78, 5) is 27.3. The molecule has 7 heteroatoms. The summed E-state index contributed by atoms with van der Waals surface area (Å²) >= 11 is 1.38. The van der Waals surface area contributed by atoms with Crippen LogP contribution in [0.25, 0.3) is 10.4 Å². The lowest BCUT2D eigenvalue weighted by molar-refractivity contribution is 0.0300. The number of hydrazine groups is 1. The molecule has 0 atom stereocenters. The maximum Gasteiger partial charge on any atom is 0.348 e. The molecule has 0 saturated carbocycles. The molecule has 166 valence electrons. The van der Waals surface area contributed by atoms with Crippen LogP contribution in [0.5, 0.6) is 0 Å². The molecule has 1 aromatic heterocycles. The monoisotopic (exact) mass is 450 g/mol. The van der Waals surface area contributed by atoms with Gasteiger partial charge in [-0.2, -0.15) is 0 Å². The van der Waals surface area contributed by atoms with Gasteiger partial charge in [0, 0.05) is 23.5 Å². The van der Waals surface area contributed by atoms with Crippen molar-refractivity contribution in [3.8, 4) is 10.4 Å². The molecular weight excluding hydrogens is 424 g/mol. The van der Waals surface area contributed by atoms with Gasteiger partial charge in [0.25, 0.3) is 5.91 Å². The van der Waals surface area contributed by atoms with E-state index >= 15 is 0 Å². The number of para-hydroxylation sites is 1. The van der Waals surface area contributed by atoms with Crippen LogP contribution >= 0.6 is 11.3 Å². The first-order valence-electron chi connectivity index (χ1n) is 10.7. The third-order valence-electron chi connectivity index (χ3n) is 5.30. The summed E-state index contributed by atoms with van der Waals surface area (Å²) in [5.74, 6) is -0.419. The van der Waals surface area contributed by atoms with Gasteiger partial charge in [-0.3, -0.25) is 4.79 Å². The summed E-state index contributed by atoms with van der Waals surface area (Å²) in [6.45, 7) is 6.60. The number of hydrogen-bond donors (Lipinski definition) is 0. The molecule has 2 heterocycles. The van der Waals surface area contributed by atoms with E-state index in [0.717, 1.165) is 21.7 Å².